The molecule has 0 saturated heterocycles. The van der Waals surface area contributed by atoms with E-state index < -0.39 is 37.3 Å². The first-order valence-electron chi connectivity index (χ1n) is 12.0. The van der Waals surface area contributed by atoms with E-state index in [-0.39, 0.29) is 4.90 Å². The number of nitrogens with two attached hydrogens (primary N) is 1. The number of hydrogen-bond acceptors (Lipinski definition) is 3. The normalized spacial score (nSPS) is 13.9. The van der Waals surface area contributed by atoms with Crippen LogP contribution in [-0.4, -0.2) is 11.5 Å². The van der Waals surface area contributed by atoms with E-state index in [0.29, 0.717) is 0 Å². The predicted molar refractivity (Wildman–Crippen MR) is 149 cm³/mol. The Morgan fingerprint density at radius 3 is 1.73 bits per heavy atom. The van der Waals surface area contributed by atoms with Crippen molar-refractivity contribution >= 4 is 23.9 Å². The molecular weight excluding hydrogens is 589 g/mol. The summed E-state index contributed by atoms with van der Waals surface area (Å²) in [5.41, 5.74) is 12.7. The number of benzene rings is 4. The van der Waals surface area contributed by atoms with Crippen molar-refractivity contribution in [1.82, 2.24) is 3.05 Å². The molecule has 2 atom stereocenters. The Morgan fingerprint density at radius 1 is 0.730 bits per heavy atom. The van der Waals surface area contributed by atoms with Crippen molar-refractivity contribution < 1.29 is 23.6 Å². The molecular formula is C30H32ClN2O2RuS. The first kappa shape index (κ1) is 27.7. The summed E-state index contributed by atoms with van der Waals surface area (Å²) in [6, 6.07) is 28.9. The van der Waals surface area contributed by atoms with Crippen molar-refractivity contribution in [3.63, 3.8) is 0 Å². The van der Waals surface area contributed by atoms with Crippen LogP contribution in [0.5, 0.6) is 0 Å². The van der Waals surface area contributed by atoms with Gasteiger partial charge in [-0.25, -0.2) is 0 Å². The zero-order valence-corrected chi connectivity index (χ0v) is 24.7. The minimum absolute atomic E-state index is 0.209. The van der Waals surface area contributed by atoms with Crippen LogP contribution >= 0.6 is 9.69 Å². The molecule has 0 spiro atoms. The summed E-state index contributed by atoms with van der Waals surface area (Å²) in [6.45, 7) is 7.98. The summed E-state index contributed by atoms with van der Waals surface area (Å²) in [6.07, 6.45) is 0. The third-order valence-electron chi connectivity index (χ3n) is 6.26. The molecule has 2 unspecified atom stereocenters. The summed E-state index contributed by atoms with van der Waals surface area (Å²) >= 11 is -2.91. The number of rotatable bonds is 8. The van der Waals surface area contributed by atoms with E-state index in [0.717, 1.165) is 37.5 Å². The van der Waals surface area contributed by atoms with Gasteiger partial charge in [0.1, 0.15) is 0 Å². The molecule has 7 heteroatoms. The van der Waals surface area contributed by atoms with Crippen molar-refractivity contribution in [3.8, 4) is 0 Å². The van der Waals surface area contributed by atoms with Gasteiger partial charge in [0.2, 0.25) is 0 Å². The van der Waals surface area contributed by atoms with Crippen LogP contribution in [0.15, 0.2) is 102 Å². The second-order valence-corrected chi connectivity index (χ2v) is 15.8. The summed E-state index contributed by atoms with van der Waals surface area (Å²) in [7, 11) is 3.39. The molecule has 0 amide bonds. The van der Waals surface area contributed by atoms with Gasteiger partial charge in [0.05, 0.1) is 0 Å². The summed E-state index contributed by atoms with van der Waals surface area (Å²) in [5, 5.41) is 0. The average molecular weight is 621 g/mol. The minimum atomic E-state index is -4.02. The fourth-order valence-electron chi connectivity index (χ4n) is 4.54. The summed E-state index contributed by atoms with van der Waals surface area (Å²) in [5.74, 6) is 0. The maximum absolute atomic E-state index is 14.5. The SMILES string of the molecule is Cc1ccc(S(=O)(=O)[N](C(c2ccccc2)C(N)c2ccccc2)[Ru]([Cl])[c]2c(C)cc(C)cc2C)cc1. The van der Waals surface area contributed by atoms with Crippen LogP contribution < -0.4 is 9.89 Å². The Morgan fingerprint density at radius 2 is 1.22 bits per heavy atom. The molecule has 0 aliphatic carbocycles. The Hall–Kier alpha value is -2.34. The van der Waals surface area contributed by atoms with Crippen LogP contribution in [0.25, 0.3) is 0 Å². The number of aryl methyl sites for hydroxylation is 4. The topological polar surface area (TPSA) is 63.4 Å². The second-order valence-electron chi connectivity index (χ2n) is 9.25. The van der Waals surface area contributed by atoms with Gasteiger partial charge in [-0.3, -0.25) is 0 Å². The zero-order valence-electron chi connectivity index (χ0n) is 21.4. The molecule has 0 aliphatic heterocycles. The first-order chi connectivity index (χ1) is 17.6. The van der Waals surface area contributed by atoms with Gasteiger partial charge in [0.15, 0.2) is 0 Å². The van der Waals surface area contributed by atoms with E-state index in [4.69, 9.17) is 15.4 Å². The molecule has 4 rings (SSSR count). The number of nitrogens with zero attached hydrogens (tertiary/aromatic N) is 1. The zero-order chi connectivity index (χ0) is 26.7. The quantitative estimate of drug-likeness (QED) is 0.233. The average Bonchev–Trinajstić information content (AvgIpc) is 2.87. The Bertz CT molecular complexity index is 1440. The Kier molecular flexibility index (Phi) is 8.68. The second kappa shape index (κ2) is 11.6. The molecule has 4 aromatic carbocycles. The van der Waals surface area contributed by atoms with Crippen LogP contribution in [0.2, 0.25) is 0 Å². The van der Waals surface area contributed by atoms with Crippen LogP contribution in [0.4, 0.5) is 0 Å². The van der Waals surface area contributed by atoms with E-state index >= 15 is 0 Å². The van der Waals surface area contributed by atoms with E-state index in [1.807, 2.05) is 100 Å². The van der Waals surface area contributed by atoms with Crippen molar-refractivity contribution in [3.05, 3.63) is 130 Å². The van der Waals surface area contributed by atoms with Crippen LogP contribution in [0.1, 0.15) is 45.5 Å². The summed E-state index contributed by atoms with van der Waals surface area (Å²) < 4.78 is 31.5. The molecule has 0 radical (unpaired) electrons. The molecule has 2 N–H and O–H groups in total. The molecule has 37 heavy (non-hydrogen) atoms. The van der Waals surface area contributed by atoms with Crippen LogP contribution in [0.3, 0.4) is 0 Å². The molecule has 4 aromatic rings. The van der Waals surface area contributed by atoms with Gasteiger partial charge in [-0.2, -0.15) is 0 Å². The van der Waals surface area contributed by atoms with Crippen molar-refractivity contribution in [2.75, 3.05) is 0 Å². The molecule has 0 fully saturated rings. The Balaban J connectivity index is 2.00. The van der Waals surface area contributed by atoms with Crippen LogP contribution in [-0.2, 0) is 25.2 Å². The molecule has 0 aliphatic rings. The van der Waals surface area contributed by atoms with Gasteiger partial charge < -0.3 is 0 Å². The van der Waals surface area contributed by atoms with Crippen molar-refractivity contribution in [1.29, 1.82) is 0 Å². The monoisotopic (exact) mass is 621 g/mol. The molecule has 0 bridgehead atoms. The standard InChI is InChI=1S/C21H21N2O2S.C9H11.ClH.Ru/c1-16-12-14-19(15-13-16)26(24,25)23-21(18-10-6-3-7-11-18)20(22)17-8-4-2-5-9-17;1-7-4-8(2)6-9(3)5-7;;/h2-15,20-21H,22H2,1H3;4-5H,1-3H3;1H;/q-1;;;+2/p-1. The number of sulfonamides is 1. The van der Waals surface area contributed by atoms with Crippen molar-refractivity contribution in [2.45, 2.75) is 44.7 Å². The fourth-order valence-corrected chi connectivity index (χ4v) is 13.5. The molecule has 195 valence electrons. The fraction of sp³-hybridized carbons (Fsp3) is 0.200. The summed E-state index contributed by atoms with van der Waals surface area (Å²) in [4.78, 5) is 0.209. The van der Waals surface area contributed by atoms with Crippen molar-refractivity contribution in [2.24, 2.45) is 5.73 Å². The van der Waals surface area contributed by atoms with Gasteiger partial charge in [0, 0.05) is 0 Å². The molecule has 4 nitrogen and oxygen atoms in total. The van der Waals surface area contributed by atoms with Crippen LogP contribution in [0, 0.1) is 27.7 Å². The van der Waals surface area contributed by atoms with Gasteiger partial charge >= 0.3 is 231 Å². The van der Waals surface area contributed by atoms with Gasteiger partial charge in [-0.05, 0) is 0 Å². The Labute approximate surface area is 230 Å². The molecule has 0 aromatic heterocycles. The van der Waals surface area contributed by atoms with E-state index in [2.05, 4.69) is 12.1 Å². The van der Waals surface area contributed by atoms with Gasteiger partial charge in [0.25, 0.3) is 0 Å². The van der Waals surface area contributed by atoms with E-state index in [9.17, 15) is 8.42 Å². The van der Waals surface area contributed by atoms with Gasteiger partial charge in [-0.15, -0.1) is 0 Å². The van der Waals surface area contributed by atoms with E-state index in [1.165, 1.54) is 0 Å². The third-order valence-corrected chi connectivity index (χ3v) is 15.0. The number of hydrogen-bond donors (Lipinski definition) is 1. The van der Waals surface area contributed by atoms with Gasteiger partial charge in [-0.1, -0.05) is 0 Å². The molecule has 0 heterocycles. The third kappa shape index (κ3) is 5.90. The first-order valence-corrected chi connectivity index (χ1v) is 17.3. The molecule has 0 saturated carbocycles. The maximum atomic E-state index is 14.5. The number of halogens is 1. The predicted octanol–water partition coefficient (Wildman–Crippen LogP) is 6.36. The van der Waals surface area contributed by atoms with E-state index in [1.54, 1.807) is 15.2 Å².